The van der Waals surface area contributed by atoms with Crippen LogP contribution in [-0.4, -0.2) is 57.8 Å². The summed E-state index contributed by atoms with van der Waals surface area (Å²) in [7, 11) is 0. The summed E-state index contributed by atoms with van der Waals surface area (Å²) in [6, 6.07) is -1.64. The number of hydrogen-bond donors (Lipinski definition) is 4. The van der Waals surface area contributed by atoms with Crippen LogP contribution in [0.1, 0.15) is 32.6 Å². The Labute approximate surface area is 116 Å². The van der Waals surface area contributed by atoms with E-state index in [-0.39, 0.29) is 12.8 Å². The Hall–Kier alpha value is -1.83. The molecule has 1 aliphatic rings. The van der Waals surface area contributed by atoms with E-state index in [2.05, 4.69) is 5.32 Å². The van der Waals surface area contributed by atoms with E-state index in [1.807, 2.05) is 0 Å². The second-order valence-corrected chi connectivity index (χ2v) is 5.33. The van der Waals surface area contributed by atoms with Gasteiger partial charge in [-0.15, -0.1) is 0 Å². The molecule has 1 atom stereocenters. The predicted molar refractivity (Wildman–Crippen MR) is 69.8 cm³/mol. The van der Waals surface area contributed by atoms with Crippen molar-refractivity contribution in [3.05, 3.63) is 0 Å². The van der Waals surface area contributed by atoms with Gasteiger partial charge in [0.05, 0.1) is 5.60 Å². The number of urea groups is 1. The number of nitrogens with two attached hydrogens (primary N) is 1. The number of nitrogens with zero attached hydrogens (tertiary/aromatic N) is 1. The molecule has 0 aliphatic carbocycles. The molecule has 3 amide bonds. The summed E-state index contributed by atoms with van der Waals surface area (Å²) in [6.45, 7) is 2.43. The van der Waals surface area contributed by atoms with Crippen molar-refractivity contribution in [3.8, 4) is 0 Å². The molecule has 8 heteroatoms. The monoisotopic (exact) mass is 287 g/mol. The van der Waals surface area contributed by atoms with Crippen LogP contribution >= 0.6 is 0 Å². The molecule has 1 fully saturated rings. The number of aliphatic carboxylic acids is 1. The number of carboxylic acids is 1. The third-order valence-corrected chi connectivity index (χ3v) is 3.40. The molecule has 114 valence electrons. The van der Waals surface area contributed by atoms with Crippen LogP contribution in [0.2, 0.25) is 0 Å². The largest absolute Gasteiger partial charge is 0.480 e. The molecular formula is C12H21N3O5. The van der Waals surface area contributed by atoms with Crippen LogP contribution in [0.5, 0.6) is 0 Å². The van der Waals surface area contributed by atoms with Crippen LogP contribution in [0.15, 0.2) is 0 Å². The van der Waals surface area contributed by atoms with Gasteiger partial charge in [-0.05, 0) is 26.2 Å². The van der Waals surface area contributed by atoms with Gasteiger partial charge in [0.25, 0.3) is 0 Å². The second kappa shape index (κ2) is 6.56. The normalized spacial score (nSPS) is 19.2. The number of rotatable bonds is 5. The lowest BCUT2D eigenvalue weighted by Gasteiger charge is -2.36. The summed E-state index contributed by atoms with van der Waals surface area (Å²) in [4.78, 5) is 35.1. The molecule has 0 aromatic heterocycles. The Morgan fingerprint density at radius 2 is 1.90 bits per heavy atom. The Morgan fingerprint density at radius 1 is 1.35 bits per heavy atom. The van der Waals surface area contributed by atoms with Crippen LogP contribution in [-0.2, 0) is 9.59 Å². The Morgan fingerprint density at radius 3 is 2.35 bits per heavy atom. The van der Waals surface area contributed by atoms with E-state index in [1.54, 1.807) is 6.92 Å². The minimum atomic E-state index is -1.20. The molecule has 0 aromatic rings. The molecule has 1 heterocycles. The number of aliphatic hydroxyl groups is 1. The first-order chi connectivity index (χ1) is 9.21. The van der Waals surface area contributed by atoms with Gasteiger partial charge in [-0.25, -0.2) is 9.59 Å². The lowest BCUT2D eigenvalue weighted by Crippen LogP contribution is -2.52. The van der Waals surface area contributed by atoms with E-state index >= 15 is 0 Å². The van der Waals surface area contributed by atoms with Gasteiger partial charge in [-0.1, -0.05) is 0 Å². The van der Waals surface area contributed by atoms with Gasteiger partial charge in [-0.3, -0.25) is 4.79 Å². The maximum atomic E-state index is 11.9. The smallest absolute Gasteiger partial charge is 0.326 e. The van der Waals surface area contributed by atoms with Gasteiger partial charge < -0.3 is 26.2 Å². The van der Waals surface area contributed by atoms with Gasteiger partial charge in [0.1, 0.15) is 6.04 Å². The first-order valence-electron chi connectivity index (χ1n) is 6.50. The van der Waals surface area contributed by atoms with E-state index in [4.69, 9.17) is 10.8 Å². The fraction of sp³-hybridized carbons (Fsp3) is 0.750. The summed E-state index contributed by atoms with van der Waals surface area (Å²) in [6.07, 6.45) is 0.743. The van der Waals surface area contributed by atoms with Crippen molar-refractivity contribution in [3.63, 3.8) is 0 Å². The number of carbonyl (C=O) groups is 3. The van der Waals surface area contributed by atoms with Crippen LogP contribution in [0, 0.1) is 0 Å². The molecule has 8 nitrogen and oxygen atoms in total. The minimum Gasteiger partial charge on any atom is -0.480 e. The average Bonchev–Trinajstić information content (AvgIpc) is 2.33. The van der Waals surface area contributed by atoms with Crippen molar-refractivity contribution in [2.75, 3.05) is 13.1 Å². The SMILES string of the molecule is CC1(O)CCN(C(=O)N[C@H](CCC(N)=O)C(=O)O)CC1. The van der Waals surface area contributed by atoms with Crippen molar-refractivity contribution < 1.29 is 24.6 Å². The average molecular weight is 287 g/mol. The summed E-state index contributed by atoms with van der Waals surface area (Å²) in [5.74, 6) is -1.82. The first-order valence-corrected chi connectivity index (χ1v) is 6.50. The van der Waals surface area contributed by atoms with Gasteiger partial charge in [0.15, 0.2) is 0 Å². The summed E-state index contributed by atoms with van der Waals surface area (Å²) >= 11 is 0. The van der Waals surface area contributed by atoms with E-state index in [0.717, 1.165) is 0 Å². The molecule has 0 saturated carbocycles. The number of carboxylic acid groups (broad SMARTS) is 1. The Kier molecular flexibility index (Phi) is 5.32. The van der Waals surface area contributed by atoms with Crippen LogP contribution in [0.3, 0.4) is 0 Å². The number of likely N-dealkylation sites (tertiary alicyclic amines) is 1. The zero-order valence-electron chi connectivity index (χ0n) is 11.5. The molecule has 0 spiro atoms. The van der Waals surface area contributed by atoms with E-state index < -0.39 is 29.6 Å². The summed E-state index contributed by atoms with van der Waals surface area (Å²) in [5, 5.41) is 21.1. The third kappa shape index (κ3) is 5.04. The molecule has 1 saturated heterocycles. The van der Waals surface area contributed by atoms with Gasteiger partial charge >= 0.3 is 12.0 Å². The fourth-order valence-corrected chi connectivity index (χ4v) is 1.98. The zero-order chi connectivity index (χ0) is 15.3. The van der Waals surface area contributed by atoms with Gasteiger partial charge in [0, 0.05) is 19.5 Å². The molecule has 0 radical (unpaired) electrons. The summed E-state index contributed by atoms with van der Waals surface area (Å²) in [5.41, 5.74) is 4.18. The standard InChI is InChI=1S/C12H21N3O5/c1-12(20)4-6-15(7-5-12)11(19)14-8(10(17)18)2-3-9(13)16/h8,20H,2-7H2,1H3,(H2,13,16)(H,14,19)(H,17,18)/t8-/m1/s1. The molecule has 1 rings (SSSR count). The van der Waals surface area contributed by atoms with E-state index in [0.29, 0.717) is 25.9 Å². The summed E-state index contributed by atoms with van der Waals surface area (Å²) < 4.78 is 0. The molecule has 0 bridgehead atoms. The molecular weight excluding hydrogens is 266 g/mol. The number of hydrogen-bond acceptors (Lipinski definition) is 4. The highest BCUT2D eigenvalue weighted by Gasteiger charge is 2.31. The molecule has 1 aliphatic heterocycles. The highest BCUT2D eigenvalue weighted by Crippen LogP contribution is 2.21. The maximum Gasteiger partial charge on any atom is 0.326 e. The van der Waals surface area contributed by atoms with Gasteiger partial charge in [-0.2, -0.15) is 0 Å². The highest BCUT2D eigenvalue weighted by molar-refractivity contribution is 5.83. The topological polar surface area (TPSA) is 133 Å². The molecule has 20 heavy (non-hydrogen) atoms. The fourth-order valence-electron chi connectivity index (χ4n) is 1.98. The molecule has 5 N–H and O–H groups in total. The van der Waals surface area contributed by atoms with Crippen molar-refractivity contribution in [1.29, 1.82) is 0 Å². The van der Waals surface area contributed by atoms with E-state index in [1.165, 1.54) is 4.90 Å². The lowest BCUT2D eigenvalue weighted by atomic mass is 9.94. The molecule has 0 aromatic carbocycles. The maximum absolute atomic E-state index is 11.9. The lowest BCUT2D eigenvalue weighted by molar-refractivity contribution is -0.139. The van der Waals surface area contributed by atoms with Gasteiger partial charge in [0.2, 0.25) is 5.91 Å². The quantitative estimate of drug-likeness (QED) is 0.528. The van der Waals surface area contributed by atoms with E-state index in [9.17, 15) is 19.5 Å². The Bertz CT molecular complexity index is 387. The number of amides is 3. The van der Waals surface area contributed by atoms with Crippen molar-refractivity contribution in [2.45, 2.75) is 44.2 Å². The first kappa shape index (κ1) is 16.2. The number of carbonyl (C=O) groups excluding carboxylic acids is 2. The third-order valence-electron chi connectivity index (χ3n) is 3.40. The van der Waals surface area contributed by atoms with Crippen LogP contribution in [0.4, 0.5) is 4.79 Å². The number of piperidine rings is 1. The minimum absolute atomic E-state index is 0.0397. The van der Waals surface area contributed by atoms with Crippen molar-refractivity contribution >= 4 is 17.9 Å². The zero-order valence-corrected chi connectivity index (χ0v) is 11.5. The predicted octanol–water partition coefficient (Wildman–Crippen LogP) is -0.738. The second-order valence-electron chi connectivity index (χ2n) is 5.33. The van der Waals surface area contributed by atoms with Crippen LogP contribution < -0.4 is 11.1 Å². The highest BCUT2D eigenvalue weighted by atomic mass is 16.4. The number of nitrogens with one attached hydrogen (secondary N) is 1. The van der Waals surface area contributed by atoms with Crippen molar-refractivity contribution in [2.24, 2.45) is 5.73 Å². The number of primary amides is 1. The van der Waals surface area contributed by atoms with Crippen molar-refractivity contribution in [1.82, 2.24) is 10.2 Å². The molecule has 0 unspecified atom stereocenters. The van der Waals surface area contributed by atoms with Crippen LogP contribution in [0.25, 0.3) is 0 Å². The Balaban J connectivity index is 2.50.